The number of carbonyl (C=O) groups excluding carboxylic acids is 1. The van der Waals surface area contributed by atoms with E-state index < -0.39 is 16.8 Å². The molecule has 8 heteroatoms. The summed E-state index contributed by atoms with van der Waals surface area (Å²) in [5, 5.41) is 19.8. The van der Waals surface area contributed by atoms with Gasteiger partial charge in [0, 0.05) is 30.8 Å². The van der Waals surface area contributed by atoms with Crippen molar-refractivity contribution in [2.75, 3.05) is 0 Å². The molecule has 0 aliphatic heterocycles. The number of aromatic carboxylic acids is 1. The van der Waals surface area contributed by atoms with Crippen LogP contribution < -0.4 is 0 Å². The maximum Gasteiger partial charge on any atom is 0.338 e. The van der Waals surface area contributed by atoms with E-state index in [1.807, 2.05) is 0 Å². The topological polar surface area (TPSA) is 114 Å². The number of nitrogens with zero attached hydrogens (tertiary/aromatic N) is 2. The Morgan fingerprint density at radius 1 is 1.33 bits per heavy atom. The van der Waals surface area contributed by atoms with E-state index >= 15 is 0 Å². The standard InChI is InChI=1S/C16H14N2O6/c19-15(14-7-11(9-24-14)16(20)21)17(12-4-5-12)8-10-2-1-3-13(6-10)18(22)23/h1-3,6-7,9,12H,4-5,8H2,(H,20,21). The van der Waals surface area contributed by atoms with Crippen molar-refractivity contribution in [1.29, 1.82) is 0 Å². The first-order chi connectivity index (χ1) is 11.5. The molecule has 1 saturated carbocycles. The van der Waals surface area contributed by atoms with Crippen LogP contribution in [0.3, 0.4) is 0 Å². The quantitative estimate of drug-likeness (QED) is 0.643. The second-order valence-electron chi connectivity index (χ2n) is 5.60. The number of nitro groups is 1. The average molecular weight is 330 g/mol. The number of rotatable bonds is 6. The SMILES string of the molecule is O=C(O)c1coc(C(=O)N(Cc2cccc([N+](=O)[O-])c2)C2CC2)c1. The van der Waals surface area contributed by atoms with Crippen LogP contribution in [0.2, 0.25) is 0 Å². The van der Waals surface area contributed by atoms with Gasteiger partial charge in [-0.3, -0.25) is 14.9 Å². The molecule has 1 aliphatic carbocycles. The van der Waals surface area contributed by atoms with Gasteiger partial charge in [0.25, 0.3) is 11.6 Å². The zero-order chi connectivity index (χ0) is 17.3. The van der Waals surface area contributed by atoms with E-state index in [9.17, 15) is 19.7 Å². The predicted octanol–water partition coefficient (Wildman–Crippen LogP) is 2.69. The van der Waals surface area contributed by atoms with Crippen LogP contribution in [0.15, 0.2) is 41.0 Å². The van der Waals surface area contributed by atoms with Crippen LogP contribution in [0.4, 0.5) is 5.69 Å². The van der Waals surface area contributed by atoms with Crippen LogP contribution in [0, 0.1) is 10.1 Å². The first-order valence-electron chi connectivity index (χ1n) is 7.32. The zero-order valence-electron chi connectivity index (χ0n) is 12.5. The highest BCUT2D eigenvalue weighted by molar-refractivity contribution is 5.95. The Labute approximate surface area is 136 Å². The maximum atomic E-state index is 12.6. The Balaban J connectivity index is 1.82. The summed E-state index contributed by atoms with van der Waals surface area (Å²) in [6.45, 7) is 0.203. The summed E-state index contributed by atoms with van der Waals surface area (Å²) < 4.78 is 5.07. The van der Waals surface area contributed by atoms with E-state index in [2.05, 4.69) is 0 Å². The van der Waals surface area contributed by atoms with E-state index in [-0.39, 0.29) is 29.6 Å². The third kappa shape index (κ3) is 3.27. The van der Waals surface area contributed by atoms with E-state index in [0.29, 0.717) is 5.56 Å². The fraction of sp³-hybridized carbons (Fsp3) is 0.250. The van der Waals surface area contributed by atoms with E-state index in [4.69, 9.17) is 9.52 Å². The minimum atomic E-state index is -1.17. The molecular formula is C16H14N2O6. The van der Waals surface area contributed by atoms with Gasteiger partial charge in [0.1, 0.15) is 6.26 Å². The third-order valence-corrected chi connectivity index (χ3v) is 3.78. The Morgan fingerprint density at radius 2 is 2.08 bits per heavy atom. The van der Waals surface area contributed by atoms with E-state index in [0.717, 1.165) is 19.1 Å². The smallest absolute Gasteiger partial charge is 0.338 e. The summed E-state index contributed by atoms with van der Waals surface area (Å²) in [4.78, 5) is 35.4. The number of carbonyl (C=O) groups is 2. The van der Waals surface area contributed by atoms with Crippen molar-refractivity contribution in [3.05, 3.63) is 63.6 Å². The molecule has 2 aromatic rings. The molecule has 8 nitrogen and oxygen atoms in total. The zero-order valence-corrected chi connectivity index (χ0v) is 12.5. The Hall–Kier alpha value is -3.16. The summed E-state index contributed by atoms with van der Waals surface area (Å²) in [7, 11) is 0. The van der Waals surface area contributed by atoms with Gasteiger partial charge in [-0.25, -0.2) is 4.79 Å². The highest BCUT2D eigenvalue weighted by atomic mass is 16.6. The van der Waals surface area contributed by atoms with Gasteiger partial charge in [-0.15, -0.1) is 0 Å². The summed E-state index contributed by atoms with van der Waals surface area (Å²) in [5.74, 6) is -1.64. The minimum Gasteiger partial charge on any atom is -0.478 e. The number of carboxylic acid groups (broad SMARTS) is 1. The van der Waals surface area contributed by atoms with Crippen molar-refractivity contribution in [3.63, 3.8) is 0 Å². The third-order valence-electron chi connectivity index (χ3n) is 3.78. The number of amides is 1. The van der Waals surface area contributed by atoms with Crippen molar-refractivity contribution in [2.45, 2.75) is 25.4 Å². The molecule has 1 aromatic heterocycles. The first kappa shape index (κ1) is 15.7. The van der Waals surface area contributed by atoms with Crippen LogP contribution in [0.25, 0.3) is 0 Å². The predicted molar refractivity (Wildman–Crippen MR) is 81.7 cm³/mol. The lowest BCUT2D eigenvalue weighted by molar-refractivity contribution is -0.384. The normalized spacial score (nSPS) is 13.5. The van der Waals surface area contributed by atoms with Gasteiger partial charge in [-0.1, -0.05) is 12.1 Å². The molecule has 1 heterocycles. The highest BCUT2D eigenvalue weighted by Gasteiger charge is 2.34. The average Bonchev–Trinajstić information content (AvgIpc) is 3.27. The number of non-ortho nitro benzene ring substituents is 1. The molecule has 24 heavy (non-hydrogen) atoms. The molecule has 0 atom stereocenters. The summed E-state index contributed by atoms with van der Waals surface area (Å²) in [6.07, 6.45) is 2.70. The summed E-state index contributed by atoms with van der Waals surface area (Å²) in [5.41, 5.74) is 0.501. The fourth-order valence-electron chi connectivity index (χ4n) is 2.42. The van der Waals surface area contributed by atoms with Crippen LogP contribution in [0.5, 0.6) is 0 Å². The molecule has 1 N–H and O–H groups in total. The molecule has 1 aromatic carbocycles. The molecule has 0 saturated heterocycles. The van der Waals surface area contributed by atoms with Gasteiger partial charge >= 0.3 is 5.97 Å². The van der Waals surface area contributed by atoms with Crippen molar-refractivity contribution in [2.24, 2.45) is 0 Å². The Morgan fingerprint density at radius 3 is 2.67 bits per heavy atom. The highest BCUT2D eigenvalue weighted by Crippen LogP contribution is 2.30. The molecule has 1 aliphatic rings. The van der Waals surface area contributed by atoms with E-state index in [1.54, 1.807) is 17.0 Å². The Bertz CT molecular complexity index is 808. The monoisotopic (exact) mass is 330 g/mol. The second kappa shape index (κ2) is 6.15. The number of nitro benzene ring substituents is 1. The number of hydrogen-bond acceptors (Lipinski definition) is 5. The van der Waals surface area contributed by atoms with Gasteiger partial charge in [0.15, 0.2) is 5.76 Å². The molecule has 1 fully saturated rings. The van der Waals surface area contributed by atoms with Gasteiger partial charge in [0.05, 0.1) is 10.5 Å². The van der Waals surface area contributed by atoms with E-state index in [1.165, 1.54) is 18.2 Å². The molecular weight excluding hydrogens is 316 g/mol. The molecule has 0 unspecified atom stereocenters. The van der Waals surface area contributed by atoms with Gasteiger partial charge in [0.2, 0.25) is 0 Å². The van der Waals surface area contributed by atoms with Gasteiger partial charge in [-0.05, 0) is 18.4 Å². The first-order valence-corrected chi connectivity index (χ1v) is 7.32. The molecule has 0 radical (unpaired) electrons. The van der Waals surface area contributed by atoms with Crippen molar-refractivity contribution in [1.82, 2.24) is 4.90 Å². The number of carboxylic acids is 1. The largest absolute Gasteiger partial charge is 0.478 e. The van der Waals surface area contributed by atoms with Crippen molar-refractivity contribution in [3.8, 4) is 0 Å². The fourth-order valence-corrected chi connectivity index (χ4v) is 2.42. The minimum absolute atomic E-state index is 0.0372. The van der Waals surface area contributed by atoms with Crippen LogP contribution in [-0.2, 0) is 6.54 Å². The maximum absolute atomic E-state index is 12.6. The summed E-state index contributed by atoms with van der Waals surface area (Å²) in [6, 6.07) is 7.31. The van der Waals surface area contributed by atoms with Crippen LogP contribution >= 0.6 is 0 Å². The second-order valence-corrected chi connectivity index (χ2v) is 5.60. The lowest BCUT2D eigenvalue weighted by atomic mass is 10.2. The van der Waals surface area contributed by atoms with Crippen LogP contribution in [0.1, 0.15) is 39.3 Å². The number of furan rings is 1. The Kier molecular flexibility index (Phi) is 4.03. The molecule has 3 rings (SSSR count). The van der Waals surface area contributed by atoms with Crippen LogP contribution in [-0.4, -0.2) is 32.8 Å². The van der Waals surface area contributed by atoms with Gasteiger partial charge in [-0.2, -0.15) is 0 Å². The molecule has 0 bridgehead atoms. The number of benzene rings is 1. The molecule has 0 spiro atoms. The lowest BCUT2D eigenvalue weighted by Gasteiger charge is -2.21. The van der Waals surface area contributed by atoms with Gasteiger partial charge < -0.3 is 14.4 Å². The molecule has 1 amide bonds. The van der Waals surface area contributed by atoms with Crippen molar-refractivity contribution < 1.29 is 24.0 Å². The lowest BCUT2D eigenvalue weighted by Crippen LogP contribution is -2.32. The molecule has 124 valence electrons. The van der Waals surface area contributed by atoms with Crippen molar-refractivity contribution >= 4 is 17.6 Å². The summed E-state index contributed by atoms with van der Waals surface area (Å²) >= 11 is 0. The number of hydrogen-bond donors (Lipinski definition) is 1.